The summed E-state index contributed by atoms with van der Waals surface area (Å²) < 4.78 is 0. The molecule has 5 heteroatoms. The lowest BCUT2D eigenvalue weighted by Gasteiger charge is -2.39. The number of rotatable bonds is 26. The Kier molecular flexibility index (Phi) is 22.2. The second-order valence-corrected chi connectivity index (χ2v) is 12.0. The van der Waals surface area contributed by atoms with Gasteiger partial charge in [-0.25, -0.2) is 0 Å². The van der Waals surface area contributed by atoms with Gasteiger partial charge in [0.15, 0.2) is 6.23 Å². The zero-order valence-electron chi connectivity index (χ0n) is 25.4. The Hall–Kier alpha value is -1.49. The van der Waals surface area contributed by atoms with Crippen LogP contribution in [-0.4, -0.2) is 22.4 Å². The molecule has 0 heterocycles. The monoisotopic (exact) mass is 547 g/mol. The Labute approximate surface area is 240 Å². The first-order valence-corrected chi connectivity index (χ1v) is 16.6. The van der Waals surface area contributed by atoms with Gasteiger partial charge < -0.3 is 10.2 Å². The molecular weight excluding hydrogens is 486 g/mol. The lowest BCUT2D eigenvalue weighted by molar-refractivity contribution is -0.137. The maximum Gasteiger partial charge on any atom is 0.303 e. The van der Waals surface area contributed by atoms with Crippen LogP contribution in [-0.2, 0) is 4.79 Å². The molecule has 0 amide bonds. The van der Waals surface area contributed by atoms with Crippen molar-refractivity contribution in [2.45, 2.75) is 161 Å². The van der Waals surface area contributed by atoms with Crippen LogP contribution in [0.4, 0.5) is 0 Å². The summed E-state index contributed by atoms with van der Waals surface area (Å²) in [5.74, 6) is 2.06. The number of carboxylic acids is 1. The molecule has 226 valence electrons. The number of nitrogens with zero attached hydrogens (tertiary/aromatic N) is 1. The number of hydrogen-bond acceptors (Lipinski definition) is 4. The molecule has 2 N–H and O–H groups in total. The molecule has 39 heavy (non-hydrogen) atoms. The van der Waals surface area contributed by atoms with E-state index in [4.69, 9.17) is 5.11 Å². The highest BCUT2D eigenvalue weighted by atomic mass is 16.4. The van der Waals surface area contributed by atoms with Crippen LogP contribution in [0.5, 0.6) is 0 Å². The Morgan fingerprint density at radius 2 is 1.36 bits per heavy atom. The third-order valence-electron chi connectivity index (χ3n) is 8.67. The zero-order valence-corrected chi connectivity index (χ0v) is 25.4. The van der Waals surface area contributed by atoms with Crippen LogP contribution in [0.15, 0.2) is 29.5 Å². The number of carbonyl (C=O) groups is 1. The van der Waals surface area contributed by atoms with Gasteiger partial charge in [-0.3, -0.25) is 4.79 Å². The topological polar surface area (TPSA) is 87.0 Å². The molecule has 0 saturated heterocycles. The smallest absolute Gasteiger partial charge is 0.303 e. The first-order chi connectivity index (χ1) is 19.0. The van der Waals surface area contributed by atoms with Gasteiger partial charge in [-0.2, -0.15) is 0 Å². The fourth-order valence-electron chi connectivity index (χ4n) is 6.31. The molecule has 0 aromatic carbocycles. The highest BCUT2D eigenvalue weighted by molar-refractivity contribution is 5.66. The average molecular weight is 548 g/mol. The first-order valence-electron chi connectivity index (χ1n) is 16.6. The van der Waals surface area contributed by atoms with Gasteiger partial charge in [0.05, 0.1) is 0 Å². The molecule has 0 spiro atoms. The lowest BCUT2D eigenvalue weighted by Crippen LogP contribution is -2.30. The van der Waals surface area contributed by atoms with E-state index in [0.717, 1.165) is 50.9 Å². The van der Waals surface area contributed by atoms with Crippen LogP contribution in [0.25, 0.3) is 0 Å². The summed E-state index contributed by atoms with van der Waals surface area (Å²) in [6, 6.07) is 0. The average Bonchev–Trinajstić information content (AvgIpc) is 2.93. The number of aliphatic hydroxyl groups excluding tert-OH is 1. The number of nitroso groups, excluding NO2 is 1. The SMILES string of the molecule is CCCCCCC1C=CC(CCCCCCCC(O)N=O)C(/C=C/CCCCCCCC(=O)O)C1CCCC. The maximum absolute atomic E-state index is 10.7. The molecule has 0 aliphatic heterocycles. The van der Waals surface area contributed by atoms with Crippen LogP contribution >= 0.6 is 0 Å². The highest BCUT2D eigenvalue weighted by Gasteiger charge is 2.33. The number of aliphatic hydroxyl groups is 1. The molecule has 5 nitrogen and oxygen atoms in total. The van der Waals surface area contributed by atoms with Gasteiger partial charge >= 0.3 is 5.97 Å². The van der Waals surface area contributed by atoms with E-state index >= 15 is 0 Å². The fourth-order valence-corrected chi connectivity index (χ4v) is 6.31. The van der Waals surface area contributed by atoms with Gasteiger partial charge in [-0.15, -0.1) is 4.91 Å². The molecule has 1 rings (SSSR count). The summed E-state index contributed by atoms with van der Waals surface area (Å²) in [6.07, 6.45) is 33.9. The van der Waals surface area contributed by atoms with Crippen molar-refractivity contribution in [3.8, 4) is 0 Å². The van der Waals surface area contributed by atoms with E-state index in [-0.39, 0.29) is 0 Å². The molecule has 0 aromatic heterocycles. The van der Waals surface area contributed by atoms with Gasteiger partial charge in [0.2, 0.25) is 0 Å². The van der Waals surface area contributed by atoms with Crippen molar-refractivity contribution in [1.82, 2.24) is 0 Å². The van der Waals surface area contributed by atoms with E-state index in [1.54, 1.807) is 0 Å². The van der Waals surface area contributed by atoms with Gasteiger partial charge in [-0.1, -0.05) is 122 Å². The molecule has 0 bridgehead atoms. The van der Waals surface area contributed by atoms with Crippen LogP contribution in [0, 0.1) is 28.6 Å². The van der Waals surface area contributed by atoms with E-state index in [0.29, 0.717) is 30.6 Å². The van der Waals surface area contributed by atoms with Gasteiger partial charge in [0.1, 0.15) is 0 Å². The van der Waals surface area contributed by atoms with Crippen molar-refractivity contribution in [3.63, 3.8) is 0 Å². The van der Waals surface area contributed by atoms with Gasteiger partial charge in [0.25, 0.3) is 0 Å². The van der Waals surface area contributed by atoms with Gasteiger partial charge in [-0.05, 0) is 80.2 Å². The second-order valence-electron chi connectivity index (χ2n) is 12.0. The minimum atomic E-state index is -1.03. The highest BCUT2D eigenvalue weighted by Crippen LogP contribution is 2.42. The summed E-state index contributed by atoms with van der Waals surface area (Å²) in [6.45, 7) is 4.61. The van der Waals surface area contributed by atoms with Crippen molar-refractivity contribution >= 4 is 5.97 Å². The van der Waals surface area contributed by atoms with E-state index in [1.165, 1.54) is 83.5 Å². The summed E-state index contributed by atoms with van der Waals surface area (Å²) in [4.78, 5) is 21.0. The molecular formula is C34H61NO4. The van der Waals surface area contributed by atoms with E-state index in [2.05, 4.69) is 43.3 Å². The number of carboxylic acid groups (broad SMARTS) is 1. The largest absolute Gasteiger partial charge is 0.481 e. The van der Waals surface area contributed by atoms with Gasteiger partial charge in [0, 0.05) is 6.42 Å². The minimum Gasteiger partial charge on any atom is -0.481 e. The lowest BCUT2D eigenvalue weighted by atomic mass is 9.66. The van der Waals surface area contributed by atoms with Crippen molar-refractivity contribution in [2.75, 3.05) is 0 Å². The Bertz CT molecular complexity index is 662. The third kappa shape index (κ3) is 17.7. The predicted molar refractivity (Wildman–Crippen MR) is 165 cm³/mol. The molecule has 0 saturated carbocycles. The van der Waals surface area contributed by atoms with E-state index in [1.807, 2.05) is 0 Å². The third-order valence-corrected chi connectivity index (χ3v) is 8.67. The Morgan fingerprint density at radius 1 is 0.769 bits per heavy atom. The number of hydrogen-bond donors (Lipinski definition) is 2. The van der Waals surface area contributed by atoms with Crippen molar-refractivity contribution in [3.05, 3.63) is 29.2 Å². The molecule has 1 aliphatic rings. The quantitative estimate of drug-likeness (QED) is 0.0640. The maximum atomic E-state index is 10.7. The molecule has 5 atom stereocenters. The molecule has 0 fully saturated rings. The van der Waals surface area contributed by atoms with Crippen LogP contribution < -0.4 is 0 Å². The molecule has 0 aromatic rings. The van der Waals surface area contributed by atoms with Crippen LogP contribution in [0.1, 0.15) is 155 Å². The number of aliphatic carboxylic acids is 1. The Balaban J connectivity index is 2.66. The van der Waals surface area contributed by atoms with Crippen molar-refractivity contribution < 1.29 is 15.0 Å². The first kappa shape index (κ1) is 35.5. The zero-order chi connectivity index (χ0) is 28.6. The summed E-state index contributed by atoms with van der Waals surface area (Å²) in [7, 11) is 0. The molecule has 0 radical (unpaired) electrons. The summed E-state index contributed by atoms with van der Waals surface area (Å²) in [5.41, 5.74) is 0. The summed E-state index contributed by atoms with van der Waals surface area (Å²) in [5, 5.41) is 20.8. The van der Waals surface area contributed by atoms with Crippen molar-refractivity contribution in [1.29, 1.82) is 0 Å². The van der Waals surface area contributed by atoms with Crippen molar-refractivity contribution in [2.24, 2.45) is 28.8 Å². The van der Waals surface area contributed by atoms with Crippen LogP contribution in [0.3, 0.4) is 0 Å². The Morgan fingerprint density at radius 3 is 2.05 bits per heavy atom. The normalized spacial score (nSPS) is 21.9. The van der Waals surface area contributed by atoms with E-state index in [9.17, 15) is 14.8 Å². The number of allylic oxidation sites excluding steroid dienone is 4. The molecule has 5 unspecified atom stereocenters. The summed E-state index contributed by atoms with van der Waals surface area (Å²) >= 11 is 0. The molecule has 1 aliphatic carbocycles. The van der Waals surface area contributed by atoms with E-state index < -0.39 is 12.2 Å². The standard InChI is InChI=1S/C34H61NO4/c1-3-5-7-16-21-29-27-28-30(22-17-12-11-14-19-25-33(36)35-39)32(31(29)23-6-4-2)24-18-13-9-8-10-15-20-26-34(37)38/h18,24,27-33,36H,3-17,19-23,25-26H2,1-2H3,(H,37,38)/b24-18+. The van der Waals surface area contributed by atoms with Crippen LogP contribution in [0.2, 0.25) is 0 Å². The number of unbranched alkanes of at least 4 members (excludes halogenated alkanes) is 13. The minimum absolute atomic E-state index is 0.302. The fraction of sp³-hybridized carbons (Fsp3) is 0.853. The second kappa shape index (κ2) is 24.3. The predicted octanol–water partition coefficient (Wildman–Crippen LogP) is 10.4.